The zero-order chi connectivity index (χ0) is 11.3. The zero-order valence-corrected chi connectivity index (χ0v) is 10.5. The summed E-state index contributed by atoms with van der Waals surface area (Å²) in [7, 11) is 0. The summed E-state index contributed by atoms with van der Waals surface area (Å²) in [5.41, 5.74) is 10.0. The van der Waals surface area contributed by atoms with Gasteiger partial charge in [0.25, 0.3) is 0 Å². The third-order valence-electron chi connectivity index (χ3n) is 4.20. The van der Waals surface area contributed by atoms with E-state index in [9.17, 15) is 0 Å². The van der Waals surface area contributed by atoms with Crippen LogP contribution in [0.2, 0.25) is 0 Å². The van der Waals surface area contributed by atoms with Gasteiger partial charge in [-0.3, -0.25) is 0 Å². The Balaban J connectivity index is 1.90. The third kappa shape index (κ3) is 3.19. The lowest BCUT2D eigenvalue weighted by molar-refractivity contribution is 0.0742. The highest BCUT2D eigenvalue weighted by Gasteiger charge is 2.31. The minimum atomic E-state index is 0.216. The van der Waals surface area contributed by atoms with Crippen molar-refractivity contribution in [3.8, 4) is 0 Å². The van der Waals surface area contributed by atoms with Crippen LogP contribution < -0.4 is 11.2 Å². The number of nitrogens with zero attached hydrogens (tertiary/aromatic N) is 1. The summed E-state index contributed by atoms with van der Waals surface area (Å²) >= 11 is 0. The molecule has 0 aromatic heterocycles. The largest absolute Gasteiger partial charge is 0.329 e. The van der Waals surface area contributed by atoms with E-state index < -0.39 is 0 Å². The number of hydrogen-bond donors (Lipinski definition) is 2. The lowest BCUT2D eigenvalue weighted by Crippen LogP contribution is -2.59. The van der Waals surface area contributed by atoms with Crippen LogP contribution in [0, 0.1) is 0 Å². The van der Waals surface area contributed by atoms with E-state index in [2.05, 4.69) is 10.4 Å². The molecule has 2 aliphatic rings. The lowest BCUT2D eigenvalue weighted by atomic mass is 9.91. The van der Waals surface area contributed by atoms with Crippen LogP contribution >= 0.6 is 0 Å². The van der Waals surface area contributed by atoms with E-state index in [0.29, 0.717) is 0 Å². The fourth-order valence-corrected chi connectivity index (χ4v) is 3.11. The second-order valence-electron chi connectivity index (χ2n) is 5.56. The summed E-state index contributed by atoms with van der Waals surface area (Å²) < 4.78 is 0. The highest BCUT2D eigenvalue weighted by molar-refractivity contribution is 4.90. The molecule has 3 nitrogen and oxygen atoms in total. The van der Waals surface area contributed by atoms with Crippen molar-refractivity contribution < 1.29 is 0 Å². The molecular formula is C13H27N3. The zero-order valence-electron chi connectivity index (χ0n) is 10.5. The molecule has 0 amide bonds. The number of nitrogens with one attached hydrogen (secondary N) is 1. The molecule has 94 valence electrons. The molecule has 0 bridgehead atoms. The van der Waals surface area contributed by atoms with Crippen molar-refractivity contribution in [1.82, 2.24) is 10.4 Å². The van der Waals surface area contributed by atoms with Gasteiger partial charge in [0, 0.05) is 25.2 Å². The highest BCUT2D eigenvalue weighted by atomic mass is 15.5. The van der Waals surface area contributed by atoms with Crippen LogP contribution in [-0.2, 0) is 0 Å². The van der Waals surface area contributed by atoms with Crippen molar-refractivity contribution >= 4 is 0 Å². The van der Waals surface area contributed by atoms with Crippen LogP contribution in [0.3, 0.4) is 0 Å². The summed E-state index contributed by atoms with van der Waals surface area (Å²) in [5, 5.41) is 2.43. The first kappa shape index (κ1) is 12.3. The molecule has 1 aliphatic heterocycles. The first-order valence-corrected chi connectivity index (χ1v) is 7.07. The molecule has 1 saturated heterocycles. The maximum absolute atomic E-state index is 6.04. The fraction of sp³-hybridized carbons (Fsp3) is 1.00. The lowest BCUT2D eigenvalue weighted by Gasteiger charge is -2.40. The van der Waals surface area contributed by atoms with Gasteiger partial charge in [-0.05, 0) is 25.7 Å². The topological polar surface area (TPSA) is 41.3 Å². The van der Waals surface area contributed by atoms with E-state index >= 15 is 0 Å². The van der Waals surface area contributed by atoms with E-state index in [4.69, 9.17) is 5.73 Å². The molecule has 16 heavy (non-hydrogen) atoms. The summed E-state index contributed by atoms with van der Waals surface area (Å²) in [4.78, 5) is 0. The molecule has 1 heterocycles. The van der Waals surface area contributed by atoms with Gasteiger partial charge in [-0.2, -0.15) is 0 Å². The van der Waals surface area contributed by atoms with Crippen LogP contribution in [-0.4, -0.2) is 30.2 Å². The Morgan fingerprint density at radius 2 is 1.44 bits per heavy atom. The first-order valence-electron chi connectivity index (χ1n) is 7.07. The maximum Gasteiger partial charge on any atom is 0.0448 e. The van der Waals surface area contributed by atoms with Crippen molar-refractivity contribution in [1.29, 1.82) is 0 Å². The number of hydrogen-bond acceptors (Lipinski definition) is 3. The smallest absolute Gasteiger partial charge is 0.0448 e. The molecule has 2 fully saturated rings. The molecule has 0 radical (unpaired) electrons. The molecule has 0 aromatic rings. The van der Waals surface area contributed by atoms with Crippen molar-refractivity contribution in [3.63, 3.8) is 0 Å². The van der Waals surface area contributed by atoms with Gasteiger partial charge in [0.05, 0.1) is 0 Å². The standard InChI is InChI=1S/C13H27N3/c14-12-13(8-4-1-2-5-9-13)15-16-10-6-3-7-11-16/h15H,1-12,14H2. The molecule has 0 atom stereocenters. The minimum absolute atomic E-state index is 0.216. The van der Waals surface area contributed by atoms with E-state index in [0.717, 1.165) is 6.54 Å². The Morgan fingerprint density at radius 3 is 2.00 bits per heavy atom. The van der Waals surface area contributed by atoms with Crippen molar-refractivity contribution in [2.75, 3.05) is 19.6 Å². The average Bonchev–Trinajstić information content (AvgIpc) is 2.57. The van der Waals surface area contributed by atoms with Crippen LogP contribution in [0.5, 0.6) is 0 Å². The molecule has 2 rings (SSSR count). The second-order valence-corrected chi connectivity index (χ2v) is 5.56. The molecule has 3 N–H and O–H groups in total. The Morgan fingerprint density at radius 1 is 0.875 bits per heavy atom. The third-order valence-corrected chi connectivity index (χ3v) is 4.20. The maximum atomic E-state index is 6.04. The van der Waals surface area contributed by atoms with Gasteiger partial charge in [0.1, 0.15) is 0 Å². The summed E-state index contributed by atoms with van der Waals surface area (Å²) in [6, 6.07) is 0. The number of hydrazine groups is 1. The number of nitrogens with two attached hydrogens (primary N) is 1. The fourth-order valence-electron chi connectivity index (χ4n) is 3.11. The molecule has 0 unspecified atom stereocenters. The van der Waals surface area contributed by atoms with E-state index in [1.54, 1.807) is 0 Å². The monoisotopic (exact) mass is 225 g/mol. The molecule has 1 aliphatic carbocycles. The Kier molecular flexibility index (Phi) is 4.62. The van der Waals surface area contributed by atoms with Crippen LogP contribution in [0.1, 0.15) is 57.8 Å². The SMILES string of the molecule is NCC1(NN2CCCCC2)CCCCCC1. The Labute approximate surface area is 99.7 Å². The van der Waals surface area contributed by atoms with Gasteiger partial charge in [0.15, 0.2) is 0 Å². The predicted octanol–water partition coefficient (Wildman–Crippen LogP) is 2.03. The Hall–Kier alpha value is -0.120. The summed E-state index contributed by atoms with van der Waals surface area (Å²) in [6.45, 7) is 3.22. The van der Waals surface area contributed by atoms with Crippen LogP contribution in [0.4, 0.5) is 0 Å². The van der Waals surface area contributed by atoms with Crippen molar-refractivity contribution in [2.24, 2.45) is 5.73 Å². The van der Waals surface area contributed by atoms with E-state index in [-0.39, 0.29) is 5.54 Å². The van der Waals surface area contributed by atoms with Gasteiger partial charge in [-0.1, -0.05) is 32.1 Å². The second kappa shape index (κ2) is 5.99. The van der Waals surface area contributed by atoms with Crippen LogP contribution in [0.15, 0.2) is 0 Å². The summed E-state index contributed by atoms with van der Waals surface area (Å²) in [5.74, 6) is 0. The van der Waals surface area contributed by atoms with Gasteiger partial charge >= 0.3 is 0 Å². The van der Waals surface area contributed by atoms with Gasteiger partial charge < -0.3 is 5.73 Å². The minimum Gasteiger partial charge on any atom is -0.329 e. The van der Waals surface area contributed by atoms with Crippen molar-refractivity contribution in [2.45, 2.75) is 63.3 Å². The van der Waals surface area contributed by atoms with Gasteiger partial charge in [-0.25, -0.2) is 10.4 Å². The molecule has 1 saturated carbocycles. The van der Waals surface area contributed by atoms with Crippen LogP contribution in [0.25, 0.3) is 0 Å². The van der Waals surface area contributed by atoms with E-state index in [1.165, 1.54) is 70.9 Å². The first-order chi connectivity index (χ1) is 7.85. The van der Waals surface area contributed by atoms with E-state index in [1.807, 2.05) is 0 Å². The predicted molar refractivity (Wildman–Crippen MR) is 68.0 cm³/mol. The summed E-state index contributed by atoms with van der Waals surface area (Å²) in [6.07, 6.45) is 12.1. The number of rotatable bonds is 3. The van der Waals surface area contributed by atoms with Gasteiger partial charge in [-0.15, -0.1) is 0 Å². The molecule has 3 heteroatoms. The molecular weight excluding hydrogens is 198 g/mol. The Bertz CT molecular complexity index is 191. The molecule has 0 aromatic carbocycles. The quantitative estimate of drug-likeness (QED) is 0.722. The highest BCUT2D eigenvalue weighted by Crippen LogP contribution is 2.27. The van der Waals surface area contributed by atoms with Crippen molar-refractivity contribution in [3.05, 3.63) is 0 Å². The van der Waals surface area contributed by atoms with Gasteiger partial charge in [0.2, 0.25) is 0 Å². The normalized spacial score (nSPS) is 27.6. The number of piperidine rings is 1. The average molecular weight is 225 g/mol. The molecule has 0 spiro atoms.